The van der Waals surface area contributed by atoms with E-state index in [0.29, 0.717) is 44.0 Å². The molecule has 0 saturated carbocycles. The Morgan fingerprint density at radius 2 is 1.73 bits per heavy atom. The van der Waals surface area contributed by atoms with Gasteiger partial charge in [0.15, 0.2) is 6.10 Å². The number of amides is 2. The summed E-state index contributed by atoms with van der Waals surface area (Å²) in [5.74, 6) is 0.397. The molecule has 1 N–H and O–H groups in total. The summed E-state index contributed by atoms with van der Waals surface area (Å²) >= 11 is 0. The van der Waals surface area contributed by atoms with Crippen molar-refractivity contribution in [2.75, 3.05) is 31.6 Å². The Kier molecular flexibility index (Phi) is 4.58. The van der Waals surface area contributed by atoms with Gasteiger partial charge in [-0.05, 0) is 23.8 Å². The predicted molar refractivity (Wildman–Crippen MR) is 96.4 cm³/mol. The minimum absolute atomic E-state index is 0.0974. The van der Waals surface area contributed by atoms with Crippen LogP contribution in [0.15, 0.2) is 48.5 Å². The standard InChI is InChI=1S/C20H20N2O4/c23-19(18-13-14-5-1-4-8-17(14)26-18)21-16-7-3-2-6-15(16)20(24)22-9-11-25-12-10-22/h1-8,18H,9-13H2,(H,21,23). The second-order valence-electron chi connectivity index (χ2n) is 6.36. The van der Waals surface area contributed by atoms with Crippen LogP contribution in [0.5, 0.6) is 5.75 Å². The third-order valence-electron chi connectivity index (χ3n) is 4.65. The number of nitrogens with zero attached hydrogens (tertiary/aromatic N) is 1. The van der Waals surface area contributed by atoms with Crippen LogP contribution in [0, 0.1) is 0 Å². The highest BCUT2D eigenvalue weighted by atomic mass is 16.5. The number of benzene rings is 2. The lowest BCUT2D eigenvalue weighted by atomic mass is 10.1. The molecule has 4 rings (SSSR count). The van der Waals surface area contributed by atoms with E-state index >= 15 is 0 Å². The summed E-state index contributed by atoms with van der Waals surface area (Å²) in [6, 6.07) is 14.7. The Morgan fingerprint density at radius 1 is 1.00 bits per heavy atom. The lowest BCUT2D eigenvalue weighted by Gasteiger charge is -2.27. The van der Waals surface area contributed by atoms with Crippen LogP contribution in [0.4, 0.5) is 5.69 Å². The average molecular weight is 352 g/mol. The van der Waals surface area contributed by atoms with E-state index in [2.05, 4.69) is 5.32 Å². The molecule has 2 amide bonds. The van der Waals surface area contributed by atoms with Crippen LogP contribution < -0.4 is 10.1 Å². The van der Waals surface area contributed by atoms with Gasteiger partial charge in [-0.3, -0.25) is 9.59 Å². The zero-order valence-electron chi connectivity index (χ0n) is 14.3. The topological polar surface area (TPSA) is 67.9 Å². The van der Waals surface area contributed by atoms with E-state index in [-0.39, 0.29) is 11.8 Å². The zero-order chi connectivity index (χ0) is 17.9. The number of nitrogens with one attached hydrogen (secondary N) is 1. The van der Waals surface area contributed by atoms with E-state index in [1.807, 2.05) is 24.3 Å². The molecule has 0 bridgehead atoms. The summed E-state index contributed by atoms with van der Waals surface area (Å²) in [4.78, 5) is 27.2. The monoisotopic (exact) mass is 352 g/mol. The molecule has 0 radical (unpaired) electrons. The van der Waals surface area contributed by atoms with Gasteiger partial charge in [-0.15, -0.1) is 0 Å². The van der Waals surface area contributed by atoms with Crippen LogP contribution in [-0.4, -0.2) is 49.1 Å². The summed E-state index contributed by atoms with van der Waals surface area (Å²) < 4.78 is 11.0. The molecule has 6 heteroatoms. The van der Waals surface area contributed by atoms with Gasteiger partial charge in [0.2, 0.25) is 0 Å². The van der Waals surface area contributed by atoms with Gasteiger partial charge in [0.1, 0.15) is 5.75 Å². The van der Waals surface area contributed by atoms with Crippen molar-refractivity contribution in [2.24, 2.45) is 0 Å². The maximum atomic E-state index is 12.8. The van der Waals surface area contributed by atoms with E-state index in [1.54, 1.807) is 29.2 Å². The van der Waals surface area contributed by atoms with Crippen LogP contribution in [0.3, 0.4) is 0 Å². The quantitative estimate of drug-likeness (QED) is 0.919. The number of carbonyl (C=O) groups excluding carboxylic acids is 2. The molecular formula is C20H20N2O4. The molecule has 1 fully saturated rings. The summed E-state index contributed by atoms with van der Waals surface area (Å²) in [5, 5.41) is 2.86. The number of carbonyl (C=O) groups is 2. The van der Waals surface area contributed by atoms with E-state index in [1.165, 1.54) is 0 Å². The molecule has 2 heterocycles. The van der Waals surface area contributed by atoms with Crippen molar-refractivity contribution in [1.82, 2.24) is 4.90 Å². The van der Waals surface area contributed by atoms with Gasteiger partial charge in [-0.25, -0.2) is 0 Å². The summed E-state index contributed by atoms with van der Waals surface area (Å²) in [6.07, 6.45) is -0.0550. The Hall–Kier alpha value is -2.86. The molecule has 2 aliphatic heterocycles. The van der Waals surface area contributed by atoms with E-state index in [9.17, 15) is 9.59 Å². The van der Waals surface area contributed by atoms with Crippen molar-refractivity contribution in [2.45, 2.75) is 12.5 Å². The van der Waals surface area contributed by atoms with Gasteiger partial charge in [0.05, 0.1) is 24.5 Å². The number of fused-ring (bicyclic) bond motifs is 1. The van der Waals surface area contributed by atoms with Crippen molar-refractivity contribution < 1.29 is 19.1 Å². The fourth-order valence-corrected chi connectivity index (χ4v) is 3.26. The molecule has 1 atom stereocenters. The Labute approximate surface area is 151 Å². The highest BCUT2D eigenvalue weighted by Crippen LogP contribution is 2.29. The Morgan fingerprint density at radius 3 is 2.54 bits per heavy atom. The van der Waals surface area contributed by atoms with Crippen LogP contribution in [-0.2, 0) is 16.0 Å². The molecule has 134 valence electrons. The largest absolute Gasteiger partial charge is 0.480 e. The lowest BCUT2D eigenvalue weighted by Crippen LogP contribution is -2.41. The van der Waals surface area contributed by atoms with Crippen LogP contribution in [0.2, 0.25) is 0 Å². The number of morpholine rings is 1. The molecule has 2 aliphatic rings. The van der Waals surface area contributed by atoms with Gasteiger partial charge in [-0.1, -0.05) is 30.3 Å². The van der Waals surface area contributed by atoms with Gasteiger partial charge >= 0.3 is 0 Å². The van der Waals surface area contributed by atoms with E-state index in [0.717, 1.165) is 11.3 Å². The molecule has 1 saturated heterocycles. The van der Waals surface area contributed by atoms with E-state index < -0.39 is 6.10 Å². The highest BCUT2D eigenvalue weighted by molar-refractivity contribution is 6.04. The number of rotatable bonds is 3. The second kappa shape index (κ2) is 7.17. The fraction of sp³-hybridized carbons (Fsp3) is 0.300. The molecule has 26 heavy (non-hydrogen) atoms. The molecule has 0 aliphatic carbocycles. The number of hydrogen-bond acceptors (Lipinski definition) is 4. The fourth-order valence-electron chi connectivity index (χ4n) is 3.26. The van der Waals surface area contributed by atoms with Crippen LogP contribution in [0.1, 0.15) is 15.9 Å². The SMILES string of the molecule is O=C(Nc1ccccc1C(=O)N1CCOCC1)C1Cc2ccccc2O1. The van der Waals surface area contributed by atoms with Crippen LogP contribution in [0.25, 0.3) is 0 Å². The third kappa shape index (κ3) is 3.28. The van der Waals surface area contributed by atoms with E-state index in [4.69, 9.17) is 9.47 Å². The average Bonchev–Trinajstić information content (AvgIpc) is 3.13. The number of para-hydroxylation sites is 2. The summed E-state index contributed by atoms with van der Waals surface area (Å²) in [6.45, 7) is 2.19. The normalized spacial score (nSPS) is 18.8. The first-order chi connectivity index (χ1) is 12.7. The van der Waals surface area contributed by atoms with Gasteiger partial charge in [-0.2, -0.15) is 0 Å². The summed E-state index contributed by atoms with van der Waals surface area (Å²) in [5.41, 5.74) is 2.01. The van der Waals surface area contributed by atoms with Crippen molar-refractivity contribution in [3.05, 3.63) is 59.7 Å². The third-order valence-corrected chi connectivity index (χ3v) is 4.65. The summed E-state index contributed by atoms with van der Waals surface area (Å²) in [7, 11) is 0. The first-order valence-electron chi connectivity index (χ1n) is 8.74. The zero-order valence-corrected chi connectivity index (χ0v) is 14.3. The molecule has 2 aromatic carbocycles. The Bertz CT molecular complexity index is 805. The van der Waals surface area contributed by atoms with Crippen molar-refractivity contribution >= 4 is 17.5 Å². The highest BCUT2D eigenvalue weighted by Gasteiger charge is 2.30. The second-order valence-corrected chi connectivity index (χ2v) is 6.36. The van der Waals surface area contributed by atoms with Crippen molar-refractivity contribution in [1.29, 1.82) is 0 Å². The van der Waals surface area contributed by atoms with Gasteiger partial charge in [0.25, 0.3) is 11.8 Å². The smallest absolute Gasteiger partial charge is 0.265 e. The van der Waals surface area contributed by atoms with Crippen molar-refractivity contribution in [3.63, 3.8) is 0 Å². The molecule has 2 aromatic rings. The first-order valence-corrected chi connectivity index (χ1v) is 8.74. The number of anilines is 1. The van der Waals surface area contributed by atoms with Gasteiger partial charge < -0.3 is 19.7 Å². The number of ether oxygens (including phenoxy) is 2. The molecule has 6 nitrogen and oxygen atoms in total. The minimum Gasteiger partial charge on any atom is -0.480 e. The number of hydrogen-bond donors (Lipinski definition) is 1. The molecule has 0 spiro atoms. The van der Waals surface area contributed by atoms with Gasteiger partial charge in [0, 0.05) is 19.5 Å². The molecule has 0 aromatic heterocycles. The Balaban J connectivity index is 1.48. The molecule has 1 unspecified atom stereocenters. The maximum absolute atomic E-state index is 12.8. The van der Waals surface area contributed by atoms with Crippen molar-refractivity contribution in [3.8, 4) is 5.75 Å². The maximum Gasteiger partial charge on any atom is 0.265 e. The lowest BCUT2D eigenvalue weighted by molar-refractivity contribution is -0.122. The predicted octanol–water partition coefficient (Wildman–Crippen LogP) is 2.10. The molecular weight excluding hydrogens is 332 g/mol. The first kappa shape index (κ1) is 16.6. The van der Waals surface area contributed by atoms with Crippen LogP contribution >= 0.6 is 0 Å². The minimum atomic E-state index is -0.584.